The normalized spacial score (nSPS) is 14.9. The van der Waals surface area contributed by atoms with Crippen LogP contribution in [-0.4, -0.2) is 39.6 Å². The molecule has 2 rings (SSSR count). The minimum atomic E-state index is -1.01. The minimum absolute atomic E-state index is 0.178. The molecule has 30 heavy (non-hydrogen) atoms. The lowest BCUT2D eigenvalue weighted by atomic mass is 9.98. The van der Waals surface area contributed by atoms with Crippen LogP contribution in [0.2, 0.25) is 0 Å². The van der Waals surface area contributed by atoms with Crippen LogP contribution in [0.25, 0.3) is 0 Å². The summed E-state index contributed by atoms with van der Waals surface area (Å²) in [6.45, 7) is 1.66. The van der Waals surface area contributed by atoms with Gasteiger partial charge >= 0.3 is 0 Å². The SMILES string of the molecule is CCCC(NC(=O)C(C#N)C(SCC(O)CO)c1cccc(Br)n1)c1ccccc1. The minimum Gasteiger partial charge on any atom is -0.394 e. The maximum Gasteiger partial charge on any atom is 0.239 e. The highest BCUT2D eigenvalue weighted by Gasteiger charge is 2.33. The predicted octanol–water partition coefficient (Wildman–Crippen LogP) is 3.77. The van der Waals surface area contributed by atoms with E-state index in [1.165, 1.54) is 11.8 Å². The monoisotopic (exact) mass is 491 g/mol. The molecule has 0 aliphatic heterocycles. The molecule has 0 fully saturated rings. The molecule has 4 atom stereocenters. The average Bonchev–Trinajstić information content (AvgIpc) is 2.76. The van der Waals surface area contributed by atoms with Crippen molar-refractivity contribution in [2.24, 2.45) is 5.92 Å². The number of aromatic nitrogens is 1. The summed E-state index contributed by atoms with van der Waals surface area (Å²) >= 11 is 4.57. The van der Waals surface area contributed by atoms with Crippen LogP contribution >= 0.6 is 27.7 Å². The molecule has 8 heteroatoms. The summed E-state index contributed by atoms with van der Waals surface area (Å²) < 4.78 is 0.596. The molecule has 6 nitrogen and oxygen atoms in total. The molecule has 0 aliphatic carbocycles. The van der Waals surface area contributed by atoms with E-state index >= 15 is 0 Å². The van der Waals surface area contributed by atoms with Crippen molar-refractivity contribution in [3.8, 4) is 6.07 Å². The summed E-state index contributed by atoms with van der Waals surface area (Å²) in [5.74, 6) is -1.21. The molecule has 0 saturated carbocycles. The molecule has 4 unspecified atom stereocenters. The van der Waals surface area contributed by atoms with Gasteiger partial charge in [-0.05, 0) is 40.0 Å². The van der Waals surface area contributed by atoms with Gasteiger partial charge in [0.05, 0.1) is 35.8 Å². The summed E-state index contributed by atoms with van der Waals surface area (Å²) in [5, 5.41) is 31.2. The second-order valence-corrected chi connectivity index (χ2v) is 8.83. The van der Waals surface area contributed by atoms with Gasteiger partial charge in [-0.25, -0.2) is 4.98 Å². The Morgan fingerprint density at radius 1 is 1.27 bits per heavy atom. The topological polar surface area (TPSA) is 106 Å². The summed E-state index contributed by atoms with van der Waals surface area (Å²) in [5.41, 5.74) is 1.55. The van der Waals surface area contributed by atoms with Crippen LogP contribution in [0.1, 0.15) is 42.3 Å². The van der Waals surface area contributed by atoms with Gasteiger partial charge in [0, 0.05) is 5.75 Å². The fourth-order valence-electron chi connectivity index (χ4n) is 3.02. The van der Waals surface area contributed by atoms with E-state index < -0.39 is 17.3 Å². The summed E-state index contributed by atoms with van der Waals surface area (Å²) in [4.78, 5) is 17.6. The highest BCUT2D eigenvalue weighted by molar-refractivity contribution is 9.10. The van der Waals surface area contributed by atoms with Gasteiger partial charge in [-0.3, -0.25) is 4.79 Å². The molecular weight excluding hydrogens is 466 g/mol. The quantitative estimate of drug-likeness (QED) is 0.413. The molecule has 3 N–H and O–H groups in total. The maximum absolute atomic E-state index is 13.1. The lowest BCUT2D eigenvalue weighted by Crippen LogP contribution is -2.36. The van der Waals surface area contributed by atoms with E-state index in [9.17, 15) is 15.2 Å². The maximum atomic E-state index is 13.1. The van der Waals surface area contributed by atoms with Crippen molar-refractivity contribution in [1.82, 2.24) is 10.3 Å². The fourth-order valence-corrected chi connectivity index (χ4v) is 4.59. The van der Waals surface area contributed by atoms with Crippen LogP contribution in [0.5, 0.6) is 0 Å². The number of thioether (sulfide) groups is 1. The van der Waals surface area contributed by atoms with Gasteiger partial charge in [0.25, 0.3) is 0 Å². The Balaban J connectivity index is 2.27. The lowest BCUT2D eigenvalue weighted by molar-refractivity contribution is -0.124. The van der Waals surface area contributed by atoms with Gasteiger partial charge in [0.2, 0.25) is 5.91 Å². The second kappa shape index (κ2) is 12.7. The molecule has 0 spiro atoms. The lowest BCUT2D eigenvalue weighted by Gasteiger charge is -2.25. The first-order valence-corrected chi connectivity index (χ1v) is 11.6. The molecule has 1 heterocycles. The number of carbonyl (C=O) groups excluding carboxylic acids is 1. The van der Waals surface area contributed by atoms with Gasteiger partial charge in [0.1, 0.15) is 10.5 Å². The zero-order valence-corrected chi connectivity index (χ0v) is 19.1. The number of hydrogen-bond acceptors (Lipinski definition) is 6. The van der Waals surface area contributed by atoms with Gasteiger partial charge in [-0.2, -0.15) is 5.26 Å². The van der Waals surface area contributed by atoms with Gasteiger partial charge in [0.15, 0.2) is 0 Å². The van der Waals surface area contributed by atoms with Crippen molar-refractivity contribution in [2.75, 3.05) is 12.4 Å². The Bertz CT molecular complexity index is 847. The first-order valence-electron chi connectivity index (χ1n) is 9.78. The largest absolute Gasteiger partial charge is 0.394 e. The number of carbonyl (C=O) groups is 1. The van der Waals surface area contributed by atoms with Crippen molar-refractivity contribution >= 4 is 33.6 Å². The van der Waals surface area contributed by atoms with Crippen molar-refractivity contribution < 1.29 is 15.0 Å². The molecule has 2 aromatic rings. The van der Waals surface area contributed by atoms with Crippen molar-refractivity contribution in [3.63, 3.8) is 0 Å². The Morgan fingerprint density at radius 2 is 2.00 bits per heavy atom. The van der Waals surface area contributed by atoms with E-state index in [-0.39, 0.29) is 24.3 Å². The van der Waals surface area contributed by atoms with E-state index in [2.05, 4.69) is 32.3 Å². The molecule has 0 radical (unpaired) electrons. The first-order chi connectivity index (χ1) is 14.5. The number of amides is 1. The van der Waals surface area contributed by atoms with Gasteiger partial charge < -0.3 is 15.5 Å². The Labute approximate surface area is 189 Å². The Morgan fingerprint density at radius 3 is 2.60 bits per heavy atom. The third-order valence-electron chi connectivity index (χ3n) is 4.53. The second-order valence-electron chi connectivity index (χ2n) is 6.84. The number of aliphatic hydroxyl groups is 2. The summed E-state index contributed by atoms with van der Waals surface area (Å²) in [7, 11) is 0. The first kappa shape index (κ1) is 24.4. The number of nitrogens with zero attached hydrogens (tertiary/aromatic N) is 2. The van der Waals surface area contributed by atoms with Crippen LogP contribution in [0.4, 0.5) is 0 Å². The smallest absolute Gasteiger partial charge is 0.239 e. The standard InChI is InChI=1S/C22H26BrN3O3S/c1-2-7-18(15-8-4-3-5-9-15)26-22(29)17(12-24)21(30-14-16(28)13-27)19-10-6-11-20(23)25-19/h3-6,8-11,16-18,21,27-28H,2,7,13-14H2,1H3,(H,26,29). The van der Waals surface area contributed by atoms with E-state index in [0.29, 0.717) is 10.3 Å². The number of nitriles is 1. The number of aliphatic hydroxyl groups excluding tert-OH is 2. The van der Waals surface area contributed by atoms with Crippen molar-refractivity contribution in [3.05, 3.63) is 64.4 Å². The molecule has 1 amide bonds. The number of hydrogen-bond donors (Lipinski definition) is 3. The van der Waals surface area contributed by atoms with Crippen molar-refractivity contribution in [1.29, 1.82) is 5.26 Å². The van der Waals surface area contributed by atoms with Crippen LogP contribution < -0.4 is 5.32 Å². The molecule has 0 aliphatic rings. The van der Waals surface area contributed by atoms with Gasteiger partial charge in [-0.15, -0.1) is 11.8 Å². The summed E-state index contributed by atoms with van der Waals surface area (Å²) in [6.07, 6.45) is 0.694. The highest BCUT2D eigenvalue weighted by atomic mass is 79.9. The molecular formula is C22H26BrN3O3S. The summed E-state index contributed by atoms with van der Waals surface area (Å²) in [6, 6.07) is 16.9. The van der Waals surface area contributed by atoms with E-state index in [4.69, 9.17) is 5.11 Å². The zero-order chi connectivity index (χ0) is 21.9. The van der Waals surface area contributed by atoms with E-state index in [0.717, 1.165) is 18.4 Å². The third kappa shape index (κ3) is 7.10. The van der Waals surface area contributed by atoms with Crippen molar-refractivity contribution in [2.45, 2.75) is 37.2 Å². The van der Waals surface area contributed by atoms with E-state index in [1.807, 2.05) is 37.3 Å². The molecule has 0 bridgehead atoms. The third-order valence-corrected chi connectivity index (χ3v) is 6.42. The van der Waals surface area contributed by atoms with Crippen LogP contribution in [0, 0.1) is 17.2 Å². The number of halogens is 1. The van der Waals surface area contributed by atoms with Gasteiger partial charge in [-0.1, -0.05) is 49.7 Å². The van der Waals surface area contributed by atoms with Crippen LogP contribution in [0.15, 0.2) is 53.1 Å². The fraction of sp³-hybridized carbons (Fsp3) is 0.409. The number of nitrogens with one attached hydrogen (secondary N) is 1. The Kier molecular flexibility index (Phi) is 10.3. The number of rotatable bonds is 11. The van der Waals surface area contributed by atoms with Crippen LogP contribution in [0.3, 0.4) is 0 Å². The average molecular weight is 492 g/mol. The number of benzene rings is 1. The molecule has 0 saturated heterocycles. The Hall–Kier alpha value is -1.92. The van der Waals surface area contributed by atoms with E-state index in [1.54, 1.807) is 18.2 Å². The van der Waals surface area contributed by atoms with Crippen LogP contribution in [-0.2, 0) is 4.79 Å². The number of pyridine rings is 1. The molecule has 160 valence electrons. The molecule has 1 aromatic heterocycles. The predicted molar refractivity (Wildman–Crippen MR) is 122 cm³/mol. The zero-order valence-electron chi connectivity index (χ0n) is 16.7. The highest BCUT2D eigenvalue weighted by Crippen LogP contribution is 2.36. The molecule has 1 aromatic carbocycles.